The summed E-state index contributed by atoms with van der Waals surface area (Å²) >= 11 is 0. The van der Waals surface area contributed by atoms with E-state index in [0.717, 1.165) is 44.9 Å². The summed E-state index contributed by atoms with van der Waals surface area (Å²) in [7, 11) is 0. The van der Waals surface area contributed by atoms with E-state index in [-0.39, 0.29) is 12.6 Å². The molecule has 0 bridgehead atoms. The third-order valence-electron chi connectivity index (χ3n) is 10.4. The van der Waals surface area contributed by atoms with Gasteiger partial charge >= 0.3 is 5.97 Å². The predicted octanol–water partition coefficient (Wildman–Crippen LogP) is 15.8. The second kappa shape index (κ2) is 47.5. The van der Waals surface area contributed by atoms with Gasteiger partial charge in [0, 0.05) is 13.0 Å². The van der Waals surface area contributed by atoms with Crippen molar-refractivity contribution in [2.24, 2.45) is 0 Å². The molecule has 0 spiro atoms. The van der Waals surface area contributed by atoms with E-state index in [1.807, 2.05) is 0 Å². The summed E-state index contributed by atoms with van der Waals surface area (Å²) in [5, 5.41) is 9.62. The standard InChI is InChI=1S/C50H92O4/c1-3-5-7-9-11-13-15-17-19-21-22-23-24-25-26-27-28-29-30-32-34-36-38-40-42-44-46-53-48-49(47-51)54-50(52)45-43-41-39-37-35-33-31-20-18-16-14-12-10-8-6-4-2/h14-17,20-22,31,49,51H,3-13,18-19,23-30,32-48H2,1-2H3/b16-14-,17-15-,22-21-,31-20-. The van der Waals surface area contributed by atoms with Gasteiger partial charge in [0.1, 0.15) is 6.10 Å². The summed E-state index contributed by atoms with van der Waals surface area (Å²) in [6.45, 7) is 5.32. The first-order valence-corrected chi connectivity index (χ1v) is 23.7. The van der Waals surface area contributed by atoms with Crippen molar-refractivity contribution >= 4 is 5.97 Å². The second-order valence-electron chi connectivity index (χ2n) is 15.8. The largest absolute Gasteiger partial charge is 0.457 e. The van der Waals surface area contributed by atoms with E-state index < -0.39 is 6.10 Å². The number of carbonyl (C=O) groups excluding carboxylic acids is 1. The number of esters is 1. The van der Waals surface area contributed by atoms with Gasteiger partial charge in [0.15, 0.2) is 0 Å². The van der Waals surface area contributed by atoms with Crippen LogP contribution in [0.4, 0.5) is 0 Å². The summed E-state index contributed by atoms with van der Waals surface area (Å²) in [5.41, 5.74) is 0. The lowest BCUT2D eigenvalue weighted by molar-refractivity contribution is -0.154. The van der Waals surface area contributed by atoms with Crippen LogP contribution in [-0.4, -0.2) is 37.0 Å². The van der Waals surface area contributed by atoms with Crippen LogP contribution in [0, 0.1) is 0 Å². The number of hydrogen-bond donors (Lipinski definition) is 1. The molecule has 0 amide bonds. The van der Waals surface area contributed by atoms with E-state index in [2.05, 4.69) is 62.5 Å². The van der Waals surface area contributed by atoms with Gasteiger partial charge in [-0.2, -0.15) is 0 Å². The van der Waals surface area contributed by atoms with Crippen molar-refractivity contribution in [2.75, 3.05) is 19.8 Å². The molecule has 0 aromatic heterocycles. The van der Waals surface area contributed by atoms with Gasteiger partial charge < -0.3 is 14.6 Å². The smallest absolute Gasteiger partial charge is 0.306 e. The van der Waals surface area contributed by atoms with Crippen LogP contribution in [0.3, 0.4) is 0 Å². The monoisotopic (exact) mass is 757 g/mol. The maximum Gasteiger partial charge on any atom is 0.306 e. The molecule has 316 valence electrons. The minimum absolute atomic E-state index is 0.177. The van der Waals surface area contributed by atoms with Crippen molar-refractivity contribution < 1.29 is 19.4 Å². The molecule has 0 radical (unpaired) electrons. The van der Waals surface area contributed by atoms with E-state index in [9.17, 15) is 9.90 Å². The zero-order chi connectivity index (χ0) is 39.1. The number of aliphatic hydroxyl groups excluding tert-OH is 1. The number of aliphatic hydroxyl groups is 1. The lowest BCUT2D eigenvalue weighted by Gasteiger charge is -2.15. The Morgan fingerprint density at radius 3 is 1.17 bits per heavy atom. The molecule has 0 rings (SSSR count). The Balaban J connectivity index is 3.41. The lowest BCUT2D eigenvalue weighted by Crippen LogP contribution is -2.27. The second-order valence-corrected chi connectivity index (χ2v) is 15.8. The van der Waals surface area contributed by atoms with Crippen LogP contribution in [0.5, 0.6) is 0 Å². The molecule has 1 N–H and O–H groups in total. The Labute approximate surface area is 337 Å². The Kier molecular flexibility index (Phi) is 46.0. The normalized spacial score (nSPS) is 12.7. The molecular weight excluding hydrogens is 665 g/mol. The van der Waals surface area contributed by atoms with Crippen molar-refractivity contribution in [2.45, 2.75) is 245 Å². The fourth-order valence-electron chi connectivity index (χ4n) is 6.80. The summed E-state index contributed by atoms with van der Waals surface area (Å²) in [5.74, 6) is -0.213. The van der Waals surface area contributed by atoms with Crippen LogP contribution in [0.1, 0.15) is 239 Å². The zero-order valence-corrected chi connectivity index (χ0v) is 36.2. The summed E-state index contributed by atoms with van der Waals surface area (Å²) in [6.07, 6.45) is 61.9. The third kappa shape index (κ3) is 44.7. The van der Waals surface area contributed by atoms with Crippen LogP contribution in [-0.2, 0) is 14.3 Å². The van der Waals surface area contributed by atoms with Crippen molar-refractivity contribution in [3.63, 3.8) is 0 Å². The number of rotatable bonds is 44. The molecule has 0 aromatic rings. The zero-order valence-electron chi connectivity index (χ0n) is 36.2. The average Bonchev–Trinajstić information content (AvgIpc) is 3.18. The van der Waals surface area contributed by atoms with Gasteiger partial charge in [0.25, 0.3) is 0 Å². The third-order valence-corrected chi connectivity index (χ3v) is 10.4. The van der Waals surface area contributed by atoms with E-state index in [1.165, 1.54) is 173 Å². The summed E-state index contributed by atoms with van der Waals surface area (Å²) in [4.78, 5) is 12.2. The molecule has 0 heterocycles. The van der Waals surface area contributed by atoms with Crippen LogP contribution in [0.25, 0.3) is 0 Å². The highest BCUT2D eigenvalue weighted by atomic mass is 16.6. The van der Waals surface area contributed by atoms with Crippen LogP contribution < -0.4 is 0 Å². The first kappa shape index (κ1) is 52.3. The molecule has 0 saturated carbocycles. The van der Waals surface area contributed by atoms with Crippen LogP contribution in [0.15, 0.2) is 48.6 Å². The van der Waals surface area contributed by atoms with Gasteiger partial charge in [0.05, 0.1) is 13.2 Å². The predicted molar refractivity (Wildman–Crippen MR) is 237 cm³/mol. The van der Waals surface area contributed by atoms with Gasteiger partial charge in [-0.15, -0.1) is 0 Å². The average molecular weight is 757 g/mol. The van der Waals surface area contributed by atoms with Crippen LogP contribution >= 0.6 is 0 Å². The quantitative estimate of drug-likeness (QED) is 0.0382. The number of carbonyl (C=O) groups is 1. The molecule has 0 aliphatic heterocycles. The highest BCUT2D eigenvalue weighted by Gasteiger charge is 2.13. The Bertz CT molecular complexity index is 844. The molecule has 1 unspecified atom stereocenters. The Hall–Kier alpha value is -1.65. The van der Waals surface area contributed by atoms with Crippen molar-refractivity contribution in [3.05, 3.63) is 48.6 Å². The van der Waals surface area contributed by atoms with E-state index in [1.54, 1.807) is 0 Å². The number of unbranched alkanes of at least 4 members (excludes halogenated alkanes) is 28. The number of hydrogen-bond acceptors (Lipinski definition) is 4. The van der Waals surface area contributed by atoms with E-state index >= 15 is 0 Å². The molecule has 0 aliphatic carbocycles. The summed E-state index contributed by atoms with van der Waals surface area (Å²) < 4.78 is 11.2. The van der Waals surface area contributed by atoms with Crippen molar-refractivity contribution in [1.29, 1.82) is 0 Å². The molecule has 4 heteroatoms. The SMILES string of the molecule is CCCCCC/C=C\C/C=C\CCCCCCCC(=O)OC(CO)COCCCCCCCCCCCCCCCC/C=C\C/C=C\CCCCCCC. The van der Waals surface area contributed by atoms with Gasteiger partial charge in [0.2, 0.25) is 0 Å². The van der Waals surface area contributed by atoms with E-state index in [0.29, 0.717) is 19.6 Å². The maximum absolute atomic E-state index is 12.2. The molecule has 1 atom stereocenters. The van der Waals surface area contributed by atoms with Crippen molar-refractivity contribution in [3.8, 4) is 0 Å². The van der Waals surface area contributed by atoms with Gasteiger partial charge in [-0.05, 0) is 77.0 Å². The lowest BCUT2D eigenvalue weighted by atomic mass is 10.0. The highest BCUT2D eigenvalue weighted by Crippen LogP contribution is 2.14. The fraction of sp³-hybridized carbons (Fsp3) is 0.820. The molecule has 0 saturated heterocycles. The van der Waals surface area contributed by atoms with Crippen LogP contribution in [0.2, 0.25) is 0 Å². The number of allylic oxidation sites excluding steroid dienone is 8. The molecule has 0 aromatic carbocycles. The van der Waals surface area contributed by atoms with Gasteiger partial charge in [-0.25, -0.2) is 0 Å². The minimum atomic E-state index is -0.542. The maximum atomic E-state index is 12.2. The molecule has 0 aliphatic rings. The fourth-order valence-corrected chi connectivity index (χ4v) is 6.80. The van der Waals surface area contributed by atoms with Gasteiger partial charge in [-0.1, -0.05) is 204 Å². The number of ether oxygens (including phenoxy) is 2. The molecule has 0 fully saturated rings. The van der Waals surface area contributed by atoms with Gasteiger partial charge in [-0.3, -0.25) is 4.79 Å². The Morgan fingerprint density at radius 2 is 0.778 bits per heavy atom. The van der Waals surface area contributed by atoms with E-state index in [4.69, 9.17) is 9.47 Å². The Morgan fingerprint density at radius 1 is 0.444 bits per heavy atom. The minimum Gasteiger partial charge on any atom is -0.457 e. The molecular formula is C50H92O4. The summed E-state index contributed by atoms with van der Waals surface area (Å²) in [6, 6.07) is 0. The first-order chi connectivity index (χ1) is 26.7. The van der Waals surface area contributed by atoms with Crippen molar-refractivity contribution in [1.82, 2.24) is 0 Å². The highest BCUT2D eigenvalue weighted by molar-refractivity contribution is 5.69. The molecule has 54 heavy (non-hydrogen) atoms. The molecule has 4 nitrogen and oxygen atoms in total. The first-order valence-electron chi connectivity index (χ1n) is 23.7. The topological polar surface area (TPSA) is 55.8 Å².